The molecule has 0 spiro atoms. The fraction of sp³-hybridized carbons (Fsp3) is 0.588. The van der Waals surface area contributed by atoms with Crippen LogP contribution < -0.4 is 10.6 Å². The van der Waals surface area contributed by atoms with Crippen molar-refractivity contribution in [3.8, 4) is 0 Å². The lowest BCUT2D eigenvalue weighted by Gasteiger charge is -2.28. The van der Waals surface area contributed by atoms with Crippen molar-refractivity contribution in [2.45, 2.75) is 43.6 Å². The minimum atomic E-state index is -1.06. The summed E-state index contributed by atoms with van der Waals surface area (Å²) < 4.78 is 17.3. The molecule has 0 heterocycles. The zero-order chi connectivity index (χ0) is 16.7. The van der Waals surface area contributed by atoms with E-state index in [1.54, 1.807) is 30.5 Å². The highest BCUT2D eigenvalue weighted by Crippen LogP contribution is 2.25. The minimum absolute atomic E-state index is 0.274. The molecule has 3 unspecified atom stereocenters. The van der Waals surface area contributed by atoms with E-state index in [1.807, 2.05) is 0 Å². The number of nitrogens with one attached hydrogen (secondary N) is 2. The molecule has 0 bridgehead atoms. The maximum absolute atomic E-state index is 11.9. The maximum Gasteiger partial charge on any atom is 0.319 e. The second kappa shape index (κ2) is 9.03. The smallest absolute Gasteiger partial charge is 0.319 e. The molecule has 5 nitrogen and oxygen atoms in total. The van der Waals surface area contributed by atoms with Gasteiger partial charge in [-0.3, -0.25) is 4.21 Å². The molecular weight excluding hydrogens is 312 g/mol. The van der Waals surface area contributed by atoms with E-state index in [1.165, 1.54) is 19.3 Å². The number of anilines is 1. The first kappa shape index (κ1) is 17.9. The third-order valence-electron chi connectivity index (χ3n) is 4.18. The fourth-order valence-corrected chi connectivity index (χ4v) is 3.40. The second-order valence-electron chi connectivity index (χ2n) is 6.03. The Morgan fingerprint density at radius 1 is 1.35 bits per heavy atom. The minimum Gasteiger partial charge on any atom is -0.376 e. The molecule has 1 fully saturated rings. The van der Waals surface area contributed by atoms with Gasteiger partial charge in [-0.15, -0.1) is 0 Å². The van der Waals surface area contributed by atoms with Gasteiger partial charge in [-0.2, -0.15) is 0 Å². The van der Waals surface area contributed by atoms with Crippen molar-refractivity contribution < 1.29 is 13.7 Å². The summed E-state index contributed by atoms with van der Waals surface area (Å²) in [6.07, 6.45) is 6.82. The van der Waals surface area contributed by atoms with E-state index in [2.05, 4.69) is 17.6 Å². The van der Waals surface area contributed by atoms with Crippen molar-refractivity contribution in [2.75, 3.05) is 24.7 Å². The number of carbonyl (C=O) groups excluding carboxylic acids is 1. The molecule has 1 aliphatic carbocycles. The second-order valence-corrected chi connectivity index (χ2v) is 7.41. The van der Waals surface area contributed by atoms with Crippen LogP contribution in [0.15, 0.2) is 29.2 Å². The summed E-state index contributed by atoms with van der Waals surface area (Å²) in [7, 11) is -1.06. The normalized spacial score (nSPS) is 22.3. The van der Waals surface area contributed by atoms with Crippen LogP contribution in [0.3, 0.4) is 0 Å². The number of carbonyl (C=O) groups is 1. The van der Waals surface area contributed by atoms with Crippen molar-refractivity contribution in [2.24, 2.45) is 5.92 Å². The van der Waals surface area contributed by atoms with Gasteiger partial charge in [0, 0.05) is 34.2 Å². The molecule has 1 aliphatic rings. The Balaban J connectivity index is 1.69. The van der Waals surface area contributed by atoms with Gasteiger partial charge in [0.2, 0.25) is 0 Å². The monoisotopic (exact) mass is 338 g/mol. The van der Waals surface area contributed by atoms with Gasteiger partial charge >= 0.3 is 6.03 Å². The summed E-state index contributed by atoms with van der Waals surface area (Å²) in [5.74, 6) is 0.607. The average molecular weight is 338 g/mol. The van der Waals surface area contributed by atoms with Gasteiger partial charge in [-0.05, 0) is 37.0 Å². The number of amides is 2. The molecular formula is C17H26N2O3S. The van der Waals surface area contributed by atoms with E-state index < -0.39 is 10.8 Å². The molecule has 2 amide bonds. The Kier molecular flexibility index (Phi) is 7.05. The van der Waals surface area contributed by atoms with Crippen molar-refractivity contribution in [1.82, 2.24) is 5.32 Å². The third-order valence-corrected chi connectivity index (χ3v) is 5.09. The highest BCUT2D eigenvalue weighted by atomic mass is 32.2. The first-order valence-corrected chi connectivity index (χ1v) is 9.72. The van der Waals surface area contributed by atoms with Gasteiger partial charge in [-0.25, -0.2) is 4.79 Å². The van der Waals surface area contributed by atoms with Crippen LogP contribution in [-0.4, -0.2) is 35.8 Å². The van der Waals surface area contributed by atoms with Crippen LogP contribution in [0.5, 0.6) is 0 Å². The Hall–Kier alpha value is -1.40. The van der Waals surface area contributed by atoms with E-state index in [9.17, 15) is 9.00 Å². The molecule has 0 aromatic heterocycles. The maximum atomic E-state index is 11.9. The van der Waals surface area contributed by atoms with E-state index in [-0.39, 0.29) is 6.03 Å². The number of hydrogen-bond acceptors (Lipinski definition) is 3. The lowest BCUT2D eigenvalue weighted by atomic mass is 9.88. The summed E-state index contributed by atoms with van der Waals surface area (Å²) in [6, 6.07) is 6.77. The Morgan fingerprint density at radius 2 is 2.13 bits per heavy atom. The molecule has 3 atom stereocenters. The molecule has 1 aromatic carbocycles. The first-order chi connectivity index (χ1) is 11.1. The molecule has 0 aliphatic heterocycles. The van der Waals surface area contributed by atoms with Gasteiger partial charge in [0.15, 0.2) is 0 Å². The van der Waals surface area contributed by atoms with E-state index in [0.29, 0.717) is 35.8 Å². The van der Waals surface area contributed by atoms with E-state index in [0.717, 1.165) is 6.42 Å². The highest BCUT2D eigenvalue weighted by Gasteiger charge is 2.21. The van der Waals surface area contributed by atoms with Gasteiger partial charge in [0.05, 0.1) is 12.7 Å². The SMILES string of the molecule is CC1CCCCC1OCCNC(=O)Nc1cccc(S(C)=O)c1. The lowest BCUT2D eigenvalue weighted by Crippen LogP contribution is -2.34. The molecule has 0 radical (unpaired) electrons. The molecule has 0 saturated heterocycles. The summed E-state index contributed by atoms with van der Waals surface area (Å²) in [6.45, 7) is 3.24. The largest absolute Gasteiger partial charge is 0.376 e. The summed E-state index contributed by atoms with van der Waals surface area (Å²) in [4.78, 5) is 12.5. The van der Waals surface area contributed by atoms with Crippen molar-refractivity contribution >= 4 is 22.5 Å². The molecule has 2 rings (SSSR count). The molecule has 128 valence electrons. The zero-order valence-corrected chi connectivity index (χ0v) is 14.7. The average Bonchev–Trinajstić information content (AvgIpc) is 2.53. The third kappa shape index (κ3) is 5.95. The van der Waals surface area contributed by atoms with E-state index in [4.69, 9.17) is 4.74 Å². The fourth-order valence-electron chi connectivity index (χ4n) is 2.83. The predicted molar refractivity (Wildman–Crippen MR) is 93.2 cm³/mol. The van der Waals surface area contributed by atoms with Crippen molar-refractivity contribution in [3.05, 3.63) is 24.3 Å². The number of urea groups is 1. The standard InChI is InChI=1S/C17H26N2O3S/c1-13-6-3-4-9-16(13)22-11-10-18-17(20)19-14-7-5-8-15(12-14)23(2)21/h5,7-8,12-13,16H,3-4,6,9-11H2,1-2H3,(H2,18,19,20). The molecule has 6 heteroatoms. The van der Waals surface area contributed by atoms with E-state index >= 15 is 0 Å². The van der Waals surface area contributed by atoms with Gasteiger partial charge in [-0.1, -0.05) is 25.8 Å². The first-order valence-electron chi connectivity index (χ1n) is 8.16. The molecule has 1 aromatic rings. The van der Waals surface area contributed by atoms with Gasteiger partial charge < -0.3 is 15.4 Å². The zero-order valence-electron chi connectivity index (χ0n) is 13.8. The number of rotatable bonds is 6. The van der Waals surface area contributed by atoms with Crippen LogP contribution >= 0.6 is 0 Å². The van der Waals surface area contributed by atoms with Crippen LogP contribution in [0.25, 0.3) is 0 Å². The molecule has 1 saturated carbocycles. The molecule has 2 N–H and O–H groups in total. The number of hydrogen-bond donors (Lipinski definition) is 2. The van der Waals surface area contributed by atoms with Crippen LogP contribution in [0.1, 0.15) is 32.6 Å². The highest BCUT2D eigenvalue weighted by molar-refractivity contribution is 7.84. The lowest BCUT2D eigenvalue weighted by molar-refractivity contribution is -0.00232. The van der Waals surface area contributed by atoms with Crippen molar-refractivity contribution in [3.63, 3.8) is 0 Å². The van der Waals surface area contributed by atoms with Crippen molar-refractivity contribution in [1.29, 1.82) is 0 Å². The van der Waals surface area contributed by atoms with Crippen LogP contribution in [0.4, 0.5) is 10.5 Å². The Morgan fingerprint density at radius 3 is 2.87 bits per heavy atom. The van der Waals surface area contributed by atoms with Crippen LogP contribution in [-0.2, 0) is 15.5 Å². The summed E-state index contributed by atoms with van der Waals surface area (Å²) in [5.41, 5.74) is 0.636. The summed E-state index contributed by atoms with van der Waals surface area (Å²) >= 11 is 0. The predicted octanol–water partition coefficient (Wildman–Crippen LogP) is 3.14. The summed E-state index contributed by atoms with van der Waals surface area (Å²) in [5, 5.41) is 5.53. The Bertz CT molecular complexity index is 550. The Labute approximate surface area is 140 Å². The quantitative estimate of drug-likeness (QED) is 0.783. The van der Waals surface area contributed by atoms with Gasteiger partial charge in [0.25, 0.3) is 0 Å². The molecule has 23 heavy (non-hydrogen) atoms. The van der Waals surface area contributed by atoms with Crippen LogP contribution in [0, 0.1) is 5.92 Å². The van der Waals surface area contributed by atoms with Crippen LogP contribution in [0.2, 0.25) is 0 Å². The van der Waals surface area contributed by atoms with Gasteiger partial charge in [0.1, 0.15) is 0 Å². The topological polar surface area (TPSA) is 67.4 Å². The number of benzene rings is 1. The number of ether oxygens (including phenoxy) is 1.